The van der Waals surface area contributed by atoms with Crippen LogP contribution in [0.2, 0.25) is 0 Å². The Labute approximate surface area is 104 Å². The zero-order valence-electron chi connectivity index (χ0n) is 10.9. The van der Waals surface area contributed by atoms with Crippen molar-refractivity contribution in [1.29, 1.82) is 0 Å². The third-order valence-electron chi connectivity index (χ3n) is 4.18. The topological polar surface area (TPSA) is 44.4 Å². The number of piperidine rings is 2. The lowest BCUT2D eigenvalue weighted by molar-refractivity contribution is -0.125. The zero-order valence-corrected chi connectivity index (χ0v) is 10.9. The van der Waals surface area contributed by atoms with Gasteiger partial charge in [0, 0.05) is 19.5 Å². The van der Waals surface area contributed by atoms with Crippen molar-refractivity contribution in [2.75, 3.05) is 39.8 Å². The van der Waals surface area contributed by atoms with Gasteiger partial charge in [0.25, 0.3) is 0 Å². The number of hydrogen-bond donors (Lipinski definition) is 2. The first-order chi connectivity index (χ1) is 8.29. The van der Waals surface area contributed by atoms with Crippen LogP contribution in [0.15, 0.2) is 0 Å². The minimum absolute atomic E-state index is 0.228. The Kier molecular flexibility index (Phi) is 4.80. The summed E-state index contributed by atoms with van der Waals surface area (Å²) in [5, 5.41) is 6.18. The molecule has 1 amide bonds. The monoisotopic (exact) mass is 239 g/mol. The summed E-state index contributed by atoms with van der Waals surface area (Å²) in [5.41, 5.74) is 0. The van der Waals surface area contributed by atoms with Gasteiger partial charge in [0.05, 0.1) is 0 Å². The lowest BCUT2D eigenvalue weighted by Gasteiger charge is -2.34. The maximum atomic E-state index is 11.5. The van der Waals surface area contributed by atoms with E-state index in [0.29, 0.717) is 0 Å². The molecular formula is C13H25N3O. The number of carbonyl (C=O) groups excluding carboxylic acids is 1. The van der Waals surface area contributed by atoms with Gasteiger partial charge in [-0.1, -0.05) is 0 Å². The van der Waals surface area contributed by atoms with E-state index in [0.717, 1.165) is 31.8 Å². The first kappa shape index (κ1) is 12.8. The van der Waals surface area contributed by atoms with Crippen molar-refractivity contribution >= 4 is 5.91 Å². The minimum atomic E-state index is 0.228. The first-order valence-corrected chi connectivity index (χ1v) is 6.94. The minimum Gasteiger partial charge on any atom is -0.359 e. The van der Waals surface area contributed by atoms with E-state index in [4.69, 9.17) is 0 Å². The zero-order chi connectivity index (χ0) is 12.1. The van der Waals surface area contributed by atoms with Crippen molar-refractivity contribution in [3.63, 3.8) is 0 Å². The number of carbonyl (C=O) groups is 1. The van der Waals surface area contributed by atoms with Crippen LogP contribution in [0.5, 0.6) is 0 Å². The van der Waals surface area contributed by atoms with E-state index in [9.17, 15) is 4.79 Å². The molecule has 0 unspecified atom stereocenters. The second-order valence-corrected chi connectivity index (χ2v) is 5.38. The summed E-state index contributed by atoms with van der Waals surface area (Å²) in [5.74, 6) is 1.35. The van der Waals surface area contributed by atoms with Crippen LogP contribution in [-0.4, -0.2) is 50.6 Å². The molecule has 0 aliphatic carbocycles. The van der Waals surface area contributed by atoms with E-state index in [1.165, 1.54) is 32.5 Å². The van der Waals surface area contributed by atoms with Crippen LogP contribution in [0.25, 0.3) is 0 Å². The molecule has 0 radical (unpaired) electrons. The van der Waals surface area contributed by atoms with Crippen LogP contribution in [0, 0.1) is 11.8 Å². The molecule has 17 heavy (non-hydrogen) atoms. The molecule has 0 spiro atoms. The summed E-state index contributed by atoms with van der Waals surface area (Å²) in [7, 11) is 1.74. The lowest BCUT2D eigenvalue weighted by atomic mass is 9.93. The maximum Gasteiger partial charge on any atom is 0.222 e. The summed E-state index contributed by atoms with van der Waals surface area (Å²) >= 11 is 0. The highest BCUT2D eigenvalue weighted by Crippen LogP contribution is 2.20. The molecule has 0 aromatic carbocycles. The highest BCUT2D eigenvalue weighted by atomic mass is 16.1. The van der Waals surface area contributed by atoms with Crippen LogP contribution in [0.3, 0.4) is 0 Å². The molecule has 0 saturated carbocycles. The number of amides is 1. The van der Waals surface area contributed by atoms with Crippen LogP contribution in [0.4, 0.5) is 0 Å². The Morgan fingerprint density at radius 2 is 1.88 bits per heavy atom. The Morgan fingerprint density at radius 3 is 2.47 bits per heavy atom. The van der Waals surface area contributed by atoms with Crippen molar-refractivity contribution in [1.82, 2.24) is 15.5 Å². The summed E-state index contributed by atoms with van der Waals surface area (Å²) in [6, 6.07) is 0. The van der Waals surface area contributed by atoms with Gasteiger partial charge in [0.2, 0.25) is 5.91 Å². The van der Waals surface area contributed by atoms with Crippen LogP contribution < -0.4 is 10.6 Å². The lowest BCUT2D eigenvalue weighted by Crippen LogP contribution is -2.43. The second kappa shape index (κ2) is 6.36. The summed E-state index contributed by atoms with van der Waals surface area (Å²) in [4.78, 5) is 14.1. The molecule has 2 N–H and O–H groups in total. The number of nitrogens with zero attached hydrogens (tertiary/aromatic N) is 1. The van der Waals surface area contributed by atoms with Gasteiger partial charge in [0.1, 0.15) is 0 Å². The second-order valence-electron chi connectivity index (χ2n) is 5.38. The van der Waals surface area contributed by atoms with Gasteiger partial charge in [0.15, 0.2) is 0 Å². The van der Waals surface area contributed by atoms with E-state index in [1.54, 1.807) is 7.05 Å². The average molecular weight is 239 g/mol. The highest BCUT2D eigenvalue weighted by molar-refractivity contribution is 5.78. The predicted molar refractivity (Wildman–Crippen MR) is 68.8 cm³/mol. The largest absolute Gasteiger partial charge is 0.359 e. The number of nitrogens with one attached hydrogen (secondary N) is 2. The average Bonchev–Trinajstić information content (AvgIpc) is 2.40. The van der Waals surface area contributed by atoms with Gasteiger partial charge < -0.3 is 15.5 Å². The van der Waals surface area contributed by atoms with E-state index in [2.05, 4.69) is 15.5 Å². The number of hydrogen-bond acceptors (Lipinski definition) is 3. The van der Waals surface area contributed by atoms with Crippen molar-refractivity contribution in [2.24, 2.45) is 11.8 Å². The fraction of sp³-hybridized carbons (Fsp3) is 0.923. The SMILES string of the molecule is CNC(=O)C1CCN(CC2CCNCC2)CC1. The molecule has 2 aliphatic heterocycles. The predicted octanol–water partition coefficient (Wildman–Crippen LogP) is 0.444. The molecule has 2 rings (SSSR count). The molecule has 4 heteroatoms. The third-order valence-corrected chi connectivity index (χ3v) is 4.18. The molecule has 2 aliphatic rings. The van der Waals surface area contributed by atoms with E-state index >= 15 is 0 Å². The van der Waals surface area contributed by atoms with E-state index in [-0.39, 0.29) is 11.8 Å². The Morgan fingerprint density at radius 1 is 1.24 bits per heavy atom. The number of rotatable bonds is 3. The summed E-state index contributed by atoms with van der Waals surface area (Å²) in [6.45, 7) is 5.80. The van der Waals surface area contributed by atoms with E-state index < -0.39 is 0 Å². The fourth-order valence-corrected chi connectivity index (χ4v) is 3.01. The summed E-state index contributed by atoms with van der Waals surface area (Å²) < 4.78 is 0. The number of likely N-dealkylation sites (tertiary alicyclic amines) is 1. The maximum absolute atomic E-state index is 11.5. The van der Waals surface area contributed by atoms with Crippen LogP contribution in [0.1, 0.15) is 25.7 Å². The standard InChI is InChI=1S/C13H25N3O/c1-14-13(17)12-4-8-16(9-5-12)10-11-2-6-15-7-3-11/h11-12,15H,2-10H2,1H3,(H,14,17). The molecule has 2 fully saturated rings. The smallest absolute Gasteiger partial charge is 0.222 e. The van der Waals surface area contributed by atoms with Gasteiger partial charge in [-0.2, -0.15) is 0 Å². The molecule has 98 valence electrons. The highest BCUT2D eigenvalue weighted by Gasteiger charge is 2.25. The molecule has 0 aromatic heterocycles. The van der Waals surface area contributed by atoms with Gasteiger partial charge in [-0.05, 0) is 57.8 Å². The van der Waals surface area contributed by atoms with Crippen LogP contribution in [-0.2, 0) is 4.79 Å². The molecule has 2 saturated heterocycles. The van der Waals surface area contributed by atoms with Gasteiger partial charge in [-0.3, -0.25) is 4.79 Å². The summed E-state index contributed by atoms with van der Waals surface area (Å²) in [6.07, 6.45) is 4.69. The van der Waals surface area contributed by atoms with Gasteiger partial charge in [-0.15, -0.1) is 0 Å². The Hall–Kier alpha value is -0.610. The molecule has 0 bridgehead atoms. The van der Waals surface area contributed by atoms with Crippen molar-refractivity contribution in [3.05, 3.63) is 0 Å². The van der Waals surface area contributed by atoms with E-state index in [1.807, 2.05) is 0 Å². The molecule has 2 heterocycles. The fourth-order valence-electron chi connectivity index (χ4n) is 3.01. The third kappa shape index (κ3) is 3.68. The molecule has 0 aromatic rings. The van der Waals surface area contributed by atoms with Crippen LogP contribution >= 0.6 is 0 Å². The quantitative estimate of drug-likeness (QED) is 0.751. The molecule has 0 atom stereocenters. The van der Waals surface area contributed by atoms with Crippen molar-refractivity contribution in [3.8, 4) is 0 Å². The molecular weight excluding hydrogens is 214 g/mol. The Balaban J connectivity index is 1.69. The van der Waals surface area contributed by atoms with Gasteiger partial charge >= 0.3 is 0 Å². The van der Waals surface area contributed by atoms with Crippen molar-refractivity contribution in [2.45, 2.75) is 25.7 Å². The van der Waals surface area contributed by atoms with Gasteiger partial charge in [-0.25, -0.2) is 0 Å². The first-order valence-electron chi connectivity index (χ1n) is 6.94. The van der Waals surface area contributed by atoms with Crippen molar-refractivity contribution < 1.29 is 4.79 Å². The normalized spacial score (nSPS) is 24.8. The Bertz CT molecular complexity index is 243. The molecule has 4 nitrogen and oxygen atoms in total.